The van der Waals surface area contributed by atoms with Crippen molar-refractivity contribution < 1.29 is 18.7 Å². The van der Waals surface area contributed by atoms with Crippen LogP contribution in [-0.4, -0.2) is 22.9 Å². The minimum absolute atomic E-state index is 0.0383. The van der Waals surface area contributed by atoms with E-state index in [1.165, 1.54) is 0 Å². The lowest BCUT2D eigenvalue weighted by Crippen LogP contribution is -2.17. The zero-order chi connectivity index (χ0) is 20.4. The number of hydrogen-bond donors (Lipinski definition) is 0. The van der Waals surface area contributed by atoms with Crippen LogP contribution >= 0.6 is 0 Å². The normalized spacial score (nSPS) is 10.5. The lowest BCUT2D eigenvalue weighted by Gasteiger charge is -2.10. The van der Waals surface area contributed by atoms with Gasteiger partial charge in [0.15, 0.2) is 6.61 Å². The second kappa shape index (κ2) is 7.57. The Morgan fingerprint density at radius 1 is 1.07 bits per heavy atom. The number of rotatable bonds is 5. The molecule has 0 saturated heterocycles. The second-order valence-electron chi connectivity index (χ2n) is 6.69. The van der Waals surface area contributed by atoms with Gasteiger partial charge in [-0.05, 0) is 51.0 Å². The number of benzene rings is 1. The molecule has 0 saturated carbocycles. The summed E-state index contributed by atoms with van der Waals surface area (Å²) in [4.78, 5) is 25.2. The molecule has 0 amide bonds. The van der Waals surface area contributed by atoms with Crippen molar-refractivity contribution in [2.45, 2.75) is 27.7 Å². The molecule has 0 aliphatic carbocycles. The summed E-state index contributed by atoms with van der Waals surface area (Å²) in [5, 5.41) is 9.52. The highest BCUT2D eigenvalue weighted by Crippen LogP contribution is 2.26. The first-order valence-electron chi connectivity index (χ1n) is 8.78. The summed E-state index contributed by atoms with van der Waals surface area (Å²) in [7, 11) is 0. The zero-order valence-corrected chi connectivity index (χ0v) is 16.2. The fraction of sp³-hybridized carbons (Fsp3) is 0.227. The highest BCUT2D eigenvalue weighted by Gasteiger charge is 2.26. The number of aryl methyl sites for hydroxylation is 4. The summed E-state index contributed by atoms with van der Waals surface area (Å²) >= 11 is 0. The second-order valence-corrected chi connectivity index (χ2v) is 6.69. The van der Waals surface area contributed by atoms with Crippen LogP contribution in [0.25, 0.3) is 5.88 Å². The predicted molar refractivity (Wildman–Crippen MR) is 103 cm³/mol. The number of ether oxygens (including phenoxy) is 1. The van der Waals surface area contributed by atoms with Crippen LogP contribution in [0.2, 0.25) is 0 Å². The summed E-state index contributed by atoms with van der Waals surface area (Å²) in [5.41, 5.74) is 3.41. The number of nitrogens with zero attached hydrogens (tertiary/aromatic N) is 2. The van der Waals surface area contributed by atoms with Crippen LogP contribution in [0.5, 0.6) is 0 Å². The van der Waals surface area contributed by atoms with Crippen LogP contribution in [0.1, 0.15) is 48.7 Å². The molecule has 28 heavy (non-hydrogen) atoms. The molecule has 3 aromatic rings. The molecule has 0 spiro atoms. The number of carbonyl (C=O) groups is 2. The number of nitriles is 1. The van der Waals surface area contributed by atoms with Crippen molar-refractivity contribution in [1.82, 2.24) is 4.57 Å². The Bertz CT molecular complexity index is 1080. The van der Waals surface area contributed by atoms with Crippen molar-refractivity contribution in [2.24, 2.45) is 0 Å². The van der Waals surface area contributed by atoms with Crippen molar-refractivity contribution >= 4 is 11.8 Å². The van der Waals surface area contributed by atoms with Gasteiger partial charge in [-0.2, -0.15) is 5.26 Å². The molecule has 142 valence electrons. The molecule has 0 unspecified atom stereocenters. The molecule has 1 aromatic carbocycles. The van der Waals surface area contributed by atoms with E-state index >= 15 is 0 Å². The van der Waals surface area contributed by atoms with Crippen molar-refractivity contribution in [3.8, 4) is 12.0 Å². The molecular weight excluding hydrogens is 356 g/mol. The predicted octanol–water partition coefficient (Wildman–Crippen LogP) is 4.22. The highest BCUT2D eigenvalue weighted by molar-refractivity contribution is 6.02. The Balaban J connectivity index is 1.83. The van der Waals surface area contributed by atoms with E-state index in [0.29, 0.717) is 5.56 Å². The van der Waals surface area contributed by atoms with Gasteiger partial charge in [-0.1, -0.05) is 17.7 Å². The van der Waals surface area contributed by atoms with Crippen LogP contribution in [0.3, 0.4) is 0 Å². The van der Waals surface area contributed by atoms with Crippen LogP contribution < -0.4 is 0 Å². The molecule has 3 rings (SSSR count). The van der Waals surface area contributed by atoms with E-state index in [1.54, 1.807) is 36.0 Å². The molecule has 0 bridgehead atoms. The molecule has 0 radical (unpaired) electrons. The van der Waals surface area contributed by atoms with Gasteiger partial charge in [-0.25, -0.2) is 4.79 Å². The number of aromatic nitrogens is 1. The monoisotopic (exact) mass is 376 g/mol. The van der Waals surface area contributed by atoms with Gasteiger partial charge in [-0.15, -0.1) is 0 Å². The van der Waals surface area contributed by atoms with E-state index in [4.69, 9.17) is 9.15 Å². The number of carbonyl (C=O) groups excluding carboxylic acids is 2. The molecule has 0 atom stereocenters. The summed E-state index contributed by atoms with van der Waals surface area (Å²) in [6.45, 7) is 6.85. The first-order chi connectivity index (χ1) is 13.3. The Labute approximate surface area is 163 Å². The quantitative estimate of drug-likeness (QED) is 0.492. The van der Waals surface area contributed by atoms with Gasteiger partial charge in [-0.3, -0.25) is 9.36 Å². The summed E-state index contributed by atoms with van der Waals surface area (Å²) in [6, 6.07) is 9.39. The van der Waals surface area contributed by atoms with Crippen LogP contribution in [0.15, 0.2) is 41.1 Å². The van der Waals surface area contributed by atoms with Gasteiger partial charge in [0.2, 0.25) is 11.7 Å². The van der Waals surface area contributed by atoms with Gasteiger partial charge in [0.05, 0.1) is 0 Å². The molecule has 2 heterocycles. The topological polar surface area (TPSA) is 85.2 Å². The molecule has 6 nitrogen and oxygen atoms in total. The van der Waals surface area contributed by atoms with E-state index in [9.17, 15) is 14.9 Å². The zero-order valence-electron chi connectivity index (χ0n) is 16.2. The lowest BCUT2D eigenvalue weighted by atomic mass is 9.97. The van der Waals surface area contributed by atoms with Crippen LogP contribution in [0, 0.1) is 39.0 Å². The average molecular weight is 376 g/mol. The van der Waals surface area contributed by atoms with Crippen molar-refractivity contribution in [1.29, 1.82) is 5.26 Å². The van der Waals surface area contributed by atoms with E-state index in [1.807, 2.05) is 39.0 Å². The van der Waals surface area contributed by atoms with Gasteiger partial charge in [0.25, 0.3) is 0 Å². The van der Waals surface area contributed by atoms with Crippen molar-refractivity contribution in [2.75, 3.05) is 6.61 Å². The minimum atomic E-state index is -0.757. The van der Waals surface area contributed by atoms with E-state index < -0.39 is 12.6 Å². The fourth-order valence-corrected chi connectivity index (χ4v) is 3.43. The Hall–Kier alpha value is -3.59. The van der Waals surface area contributed by atoms with E-state index in [2.05, 4.69) is 0 Å². The summed E-state index contributed by atoms with van der Waals surface area (Å²) < 4.78 is 12.4. The number of Topliss-reactive ketones (excluding diaryl/α,β-unsaturated/α-hetero) is 1. The third-order valence-electron chi connectivity index (χ3n) is 4.51. The number of hydrogen-bond acceptors (Lipinski definition) is 5. The third kappa shape index (κ3) is 3.47. The summed E-state index contributed by atoms with van der Waals surface area (Å²) in [5.74, 6) is -0.533. The van der Waals surface area contributed by atoms with Gasteiger partial charge in [0, 0.05) is 18.0 Å². The Morgan fingerprint density at radius 2 is 1.68 bits per heavy atom. The standard InChI is InChI=1S/C22H20N2O4/c1-13-9-14(2)19(15(3)10-13)18(25)12-27-22(26)20-16(4)28-21(17(20)11-23)24-7-5-6-8-24/h5-10H,12H2,1-4H3. The SMILES string of the molecule is Cc1cc(C)c(C(=O)COC(=O)c2c(C)oc(-n3cccc3)c2C#N)c(C)c1. The molecule has 6 heteroatoms. The highest BCUT2D eigenvalue weighted by atomic mass is 16.5. The maximum Gasteiger partial charge on any atom is 0.343 e. The number of ketones is 1. The first kappa shape index (κ1) is 19.2. The molecule has 2 aromatic heterocycles. The Kier molecular flexibility index (Phi) is 5.18. The van der Waals surface area contributed by atoms with Gasteiger partial charge < -0.3 is 9.15 Å². The lowest BCUT2D eigenvalue weighted by molar-refractivity contribution is 0.0472. The molecule has 0 fully saturated rings. The molecule has 0 N–H and O–H groups in total. The first-order valence-corrected chi connectivity index (χ1v) is 8.78. The minimum Gasteiger partial charge on any atom is -0.454 e. The molecular formula is C22H20N2O4. The third-order valence-corrected chi connectivity index (χ3v) is 4.51. The van der Waals surface area contributed by atoms with Crippen LogP contribution in [-0.2, 0) is 4.74 Å². The Morgan fingerprint density at radius 3 is 2.25 bits per heavy atom. The van der Waals surface area contributed by atoms with E-state index in [0.717, 1.165) is 16.7 Å². The number of furan rings is 1. The maximum absolute atomic E-state index is 12.6. The average Bonchev–Trinajstić information content (AvgIpc) is 3.25. The largest absolute Gasteiger partial charge is 0.454 e. The van der Waals surface area contributed by atoms with Crippen molar-refractivity contribution in [3.05, 3.63) is 75.8 Å². The fourth-order valence-electron chi connectivity index (χ4n) is 3.43. The van der Waals surface area contributed by atoms with Gasteiger partial charge >= 0.3 is 5.97 Å². The number of esters is 1. The smallest absolute Gasteiger partial charge is 0.343 e. The molecule has 0 aliphatic heterocycles. The van der Waals surface area contributed by atoms with Gasteiger partial charge in [0.1, 0.15) is 23.0 Å². The maximum atomic E-state index is 12.6. The van der Waals surface area contributed by atoms with E-state index in [-0.39, 0.29) is 28.6 Å². The van der Waals surface area contributed by atoms with Crippen LogP contribution in [0.4, 0.5) is 0 Å². The molecule has 0 aliphatic rings. The summed E-state index contributed by atoms with van der Waals surface area (Å²) in [6.07, 6.45) is 3.42. The van der Waals surface area contributed by atoms with Crippen molar-refractivity contribution in [3.63, 3.8) is 0 Å².